The zero-order valence-corrected chi connectivity index (χ0v) is 11.9. The van der Waals surface area contributed by atoms with Crippen LogP contribution < -0.4 is 10.1 Å². The summed E-state index contributed by atoms with van der Waals surface area (Å²) in [5, 5.41) is 5.17. The molecule has 0 aromatic carbocycles. The first kappa shape index (κ1) is 12.3. The number of nitrogens with zero attached hydrogens (tertiary/aromatic N) is 2. The van der Waals surface area contributed by atoms with Gasteiger partial charge in [-0.25, -0.2) is 9.97 Å². The summed E-state index contributed by atoms with van der Waals surface area (Å²) in [6.45, 7) is 2.81. The molecule has 2 aromatic heterocycles. The zero-order valence-electron chi connectivity index (χ0n) is 9.53. The van der Waals surface area contributed by atoms with Crippen LogP contribution in [0.5, 0.6) is 5.75 Å². The summed E-state index contributed by atoms with van der Waals surface area (Å²) in [6.07, 6.45) is 1.54. The highest BCUT2D eigenvalue weighted by molar-refractivity contribution is 9.10. The van der Waals surface area contributed by atoms with Gasteiger partial charge < -0.3 is 10.1 Å². The van der Waals surface area contributed by atoms with E-state index in [-0.39, 0.29) is 0 Å². The molecule has 0 bridgehead atoms. The Morgan fingerprint density at radius 2 is 2.29 bits per heavy atom. The van der Waals surface area contributed by atoms with E-state index in [1.807, 2.05) is 18.4 Å². The lowest BCUT2D eigenvalue weighted by Crippen LogP contribution is -2.04. The average Bonchev–Trinajstić information content (AvgIpc) is 2.75. The minimum atomic E-state index is 0.678. The van der Waals surface area contributed by atoms with Crippen molar-refractivity contribution in [3.63, 3.8) is 0 Å². The Kier molecular flexibility index (Phi) is 3.96. The largest absolute Gasteiger partial charge is 0.491 e. The van der Waals surface area contributed by atoms with Crippen molar-refractivity contribution in [1.29, 1.82) is 0 Å². The molecule has 0 aliphatic heterocycles. The molecule has 0 saturated heterocycles. The second-order valence-electron chi connectivity index (χ2n) is 3.23. The van der Waals surface area contributed by atoms with Gasteiger partial charge in [0.15, 0.2) is 11.6 Å². The monoisotopic (exact) mass is 313 g/mol. The Labute approximate surface area is 112 Å². The van der Waals surface area contributed by atoms with E-state index in [0.717, 1.165) is 27.4 Å². The second-order valence-corrected chi connectivity index (χ2v) is 5.00. The van der Waals surface area contributed by atoms with Crippen LogP contribution in [0.2, 0.25) is 0 Å². The maximum Gasteiger partial charge on any atom is 0.188 e. The fraction of sp³-hybridized carbons (Fsp3) is 0.273. The van der Waals surface area contributed by atoms with Gasteiger partial charge >= 0.3 is 0 Å². The van der Waals surface area contributed by atoms with Crippen molar-refractivity contribution in [2.75, 3.05) is 19.0 Å². The number of rotatable bonds is 4. The van der Waals surface area contributed by atoms with E-state index in [4.69, 9.17) is 4.74 Å². The maximum absolute atomic E-state index is 5.41. The van der Waals surface area contributed by atoms with Crippen LogP contribution in [0.15, 0.2) is 22.2 Å². The van der Waals surface area contributed by atoms with Crippen molar-refractivity contribution >= 4 is 33.1 Å². The van der Waals surface area contributed by atoms with Gasteiger partial charge in [0, 0.05) is 11.0 Å². The molecular weight excluding hydrogens is 302 g/mol. The molecule has 2 aromatic rings. The summed E-state index contributed by atoms with van der Waals surface area (Å²) in [6, 6.07) is 1.99. The maximum atomic E-state index is 5.41. The standard InChI is InChI=1S/C11H12BrN3OS/c1-3-13-11-9(16-2)8(14-6-15-11)10-7(12)4-5-17-10/h4-6H,3H2,1-2H3,(H,13,14,15). The van der Waals surface area contributed by atoms with Gasteiger partial charge in [-0.1, -0.05) is 0 Å². The minimum absolute atomic E-state index is 0.678. The molecule has 0 saturated carbocycles. The number of hydrogen-bond donors (Lipinski definition) is 1. The lowest BCUT2D eigenvalue weighted by molar-refractivity contribution is 0.415. The van der Waals surface area contributed by atoms with Crippen LogP contribution in [0, 0.1) is 0 Å². The molecule has 0 aliphatic rings. The third kappa shape index (κ3) is 2.42. The van der Waals surface area contributed by atoms with Crippen molar-refractivity contribution in [1.82, 2.24) is 9.97 Å². The van der Waals surface area contributed by atoms with Crippen LogP contribution in [0.3, 0.4) is 0 Å². The Morgan fingerprint density at radius 3 is 2.88 bits per heavy atom. The van der Waals surface area contributed by atoms with Crippen molar-refractivity contribution < 1.29 is 4.74 Å². The zero-order chi connectivity index (χ0) is 12.3. The Bertz CT molecular complexity index is 515. The van der Waals surface area contributed by atoms with E-state index in [0.29, 0.717) is 5.75 Å². The predicted molar refractivity (Wildman–Crippen MR) is 73.8 cm³/mol. The summed E-state index contributed by atoms with van der Waals surface area (Å²) in [4.78, 5) is 9.53. The third-order valence-electron chi connectivity index (χ3n) is 2.18. The van der Waals surface area contributed by atoms with E-state index in [1.165, 1.54) is 0 Å². The number of nitrogens with one attached hydrogen (secondary N) is 1. The molecule has 0 unspecified atom stereocenters. The number of aromatic nitrogens is 2. The Balaban J connectivity index is 2.54. The fourth-order valence-electron chi connectivity index (χ4n) is 1.48. The summed E-state index contributed by atoms with van der Waals surface area (Å²) in [5.41, 5.74) is 0.806. The lowest BCUT2D eigenvalue weighted by Gasteiger charge is -2.11. The number of hydrogen-bond acceptors (Lipinski definition) is 5. The molecule has 1 N–H and O–H groups in total. The van der Waals surface area contributed by atoms with Crippen LogP contribution in [-0.2, 0) is 0 Å². The smallest absolute Gasteiger partial charge is 0.188 e. The Hall–Kier alpha value is -1.14. The second kappa shape index (κ2) is 5.46. The van der Waals surface area contributed by atoms with Gasteiger partial charge in [-0.3, -0.25) is 0 Å². The van der Waals surface area contributed by atoms with Crippen molar-refractivity contribution in [2.45, 2.75) is 6.92 Å². The van der Waals surface area contributed by atoms with Crippen LogP contribution in [0.1, 0.15) is 6.92 Å². The van der Waals surface area contributed by atoms with Crippen LogP contribution in [0.25, 0.3) is 10.6 Å². The molecule has 0 atom stereocenters. The molecule has 2 rings (SSSR count). The number of anilines is 1. The van der Waals surface area contributed by atoms with Gasteiger partial charge in [-0.05, 0) is 34.3 Å². The molecule has 0 fully saturated rings. The third-order valence-corrected chi connectivity index (χ3v) is 4.03. The van der Waals surface area contributed by atoms with Crippen LogP contribution >= 0.6 is 27.3 Å². The van der Waals surface area contributed by atoms with E-state index < -0.39 is 0 Å². The normalized spacial score (nSPS) is 10.3. The number of thiophene rings is 1. The van der Waals surface area contributed by atoms with E-state index in [9.17, 15) is 0 Å². The molecule has 90 valence electrons. The van der Waals surface area contributed by atoms with Gasteiger partial charge in [0.2, 0.25) is 0 Å². The molecule has 0 radical (unpaired) electrons. The number of methoxy groups -OCH3 is 1. The highest BCUT2D eigenvalue weighted by Gasteiger charge is 2.16. The first-order valence-electron chi connectivity index (χ1n) is 5.14. The lowest BCUT2D eigenvalue weighted by atomic mass is 10.3. The van der Waals surface area contributed by atoms with E-state index >= 15 is 0 Å². The predicted octanol–water partition coefficient (Wildman–Crippen LogP) is 3.41. The topological polar surface area (TPSA) is 47.0 Å². The van der Waals surface area contributed by atoms with Crippen LogP contribution in [-0.4, -0.2) is 23.6 Å². The van der Waals surface area contributed by atoms with Crippen molar-refractivity contribution in [3.05, 3.63) is 22.2 Å². The average molecular weight is 314 g/mol. The first-order chi connectivity index (χ1) is 8.27. The summed E-state index contributed by atoms with van der Waals surface area (Å²) < 4.78 is 6.42. The number of halogens is 1. The molecule has 17 heavy (non-hydrogen) atoms. The fourth-order valence-corrected chi connectivity index (χ4v) is 3.04. The molecule has 6 heteroatoms. The number of ether oxygens (including phenoxy) is 1. The van der Waals surface area contributed by atoms with Crippen LogP contribution in [0.4, 0.5) is 5.82 Å². The van der Waals surface area contributed by atoms with E-state index in [2.05, 4.69) is 31.2 Å². The highest BCUT2D eigenvalue weighted by Crippen LogP contribution is 2.39. The van der Waals surface area contributed by atoms with Gasteiger partial charge in [0.1, 0.15) is 12.0 Å². The molecular formula is C11H12BrN3OS. The first-order valence-corrected chi connectivity index (χ1v) is 6.81. The molecule has 2 heterocycles. The van der Waals surface area contributed by atoms with E-state index in [1.54, 1.807) is 24.8 Å². The Morgan fingerprint density at radius 1 is 1.47 bits per heavy atom. The van der Waals surface area contributed by atoms with Crippen molar-refractivity contribution in [2.24, 2.45) is 0 Å². The van der Waals surface area contributed by atoms with Gasteiger partial charge in [0.05, 0.1) is 12.0 Å². The van der Waals surface area contributed by atoms with Gasteiger partial charge in [-0.2, -0.15) is 0 Å². The summed E-state index contributed by atoms with van der Waals surface area (Å²) in [5.74, 6) is 1.40. The molecule has 0 spiro atoms. The molecule has 0 aliphatic carbocycles. The summed E-state index contributed by atoms with van der Waals surface area (Å²) in [7, 11) is 1.63. The molecule has 0 amide bonds. The quantitative estimate of drug-likeness (QED) is 0.939. The van der Waals surface area contributed by atoms with Gasteiger partial charge in [-0.15, -0.1) is 11.3 Å². The van der Waals surface area contributed by atoms with Gasteiger partial charge in [0.25, 0.3) is 0 Å². The summed E-state index contributed by atoms with van der Waals surface area (Å²) >= 11 is 5.12. The SMILES string of the molecule is CCNc1ncnc(-c2sccc2Br)c1OC. The molecule has 4 nitrogen and oxygen atoms in total. The van der Waals surface area contributed by atoms with Crippen molar-refractivity contribution in [3.8, 4) is 16.3 Å². The minimum Gasteiger partial charge on any atom is -0.491 e. The highest BCUT2D eigenvalue weighted by atomic mass is 79.9.